The lowest BCUT2D eigenvalue weighted by Crippen LogP contribution is -2.33. The van der Waals surface area contributed by atoms with Crippen molar-refractivity contribution in [1.82, 2.24) is 14.7 Å². The van der Waals surface area contributed by atoms with Gasteiger partial charge in [-0.25, -0.2) is 4.68 Å². The molecule has 3 rings (SSSR count). The van der Waals surface area contributed by atoms with Crippen LogP contribution in [0.1, 0.15) is 51.5 Å². The largest absolute Gasteiger partial charge is 0.357 e. The molecular formula is C17H27N3O. The molecule has 0 aliphatic carbocycles. The summed E-state index contributed by atoms with van der Waals surface area (Å²) in [5.41, 5.74) is 1.62. The van der Waals surface area contributed by atoms with E-state index in [9.17, 15) is 0 Å². The molecule has 0 radical (unpaired) electrons. The van der Waals surface area contributed by atoms with E-state index < -0.39 is 0 Å². The number of aromatic nitrogens is 2. The molecule has 0 N–H and O–H groups in total. The van der Waals surface area contributed by atoms with Crippen LogP contribution < -0.4 is 0 Å². The maximum atomic E-state index is 5.89. The highest BCUT2D eigenvalue weighted by atomic mass is 16.5. The van der Waals surface area contributed by atoms with E-state index in [-0.39, 0.29) is 6.23 Å². The number of nitrogens with zero attached hydrogens (tertiary/aromatic N) is 3. The van der Waals surface area contributed by atoms with Gasteiger partial charge in [0.2, 0.25) is 0 Å². The van der Waals surface area contributed by atoms with Gasteiger partial charge in [-0.05, 0) is 37.2 Å². The Labute approximate surface area is 127 Å². The SMILES string of the molecule is CC1(C)CC=CCN(Cc2ccnn2[C@@H]2CCCCO2)C1. The molecule has 0 spiro atoms. The third kappa shape index (κ3) is 3.74. The second-order valence-electron chi connectivity index (χ2n) is 7.10. The minimum absolute atomic E-state index is 0.138. The molecule has 2 aliphatic rings. The van der Waals surface area contributed by atoms with Crippen LogP contribution in [0, 0.1) is 5.41 Å². The van der Waals surface area contributed by atoms with Gasteiger partial charge in [-0.3, -0.25) is 4.90 Å². The molecule has 1 aromatic rings. The van der Waals surface area contributed by atoms with Gasteiger partial charge >= 0.3 is 0 Å². The smallest absolute Gasteiger partial charge is 0.150 e. The lowest BCUT2D eigenvalue weighted by atomic mass is 9.89. The zero-order chi connectivity index (χ0) is 14.7. The second kappa shape index (κ2) is 6.32. The Bertz CT molecular complexity index is 486. The molecule has 21 heavy (non-hydrogen) atoms. The highest BCUT2D eigenvalue weighted by molar-refractivity contribution is 5.04. The fourth-order valence-electron chi connectivity index (χ4n) is 3.35. The number of rotatable bonds is 3. The van der Waals surface area contributed by atoms with E-state index in [1.807, 2.05) is 6.20 Å². The topological polar surface area (TPSA) is 30.3 Å². The van der Waals surface area contributed by atoms with Crippen molar-refractivity contribution in [3.05, 3.63) is 30.1 Å². The summed E-state index contributed by atoms with van der Waals surface area (Å²) < 4.78 is 7.98. The van der Waals surface area contributed by atoms with Gasteiger partial charge in [0.1, 0.15) is 0 Å². The molecule has 0 unspecified atom stereocenters. The molecule has 1 fully saturated rings. The summed E-state index contributed by atoms with van der Waals surface area (Å²) in [4.78, 5) is 2.51. The van der Waals surface area contributed by atoms with Crippen molar-refractivity contribution in [2.45, 2.75) is 52.3 Å². The summed E-state index contributed by atoms with van der Waals surface area (Å²) in [7, 11) is 0. The first kappa shape index (κ1) is 14.8. The van der Waals surface area contributed by atoms with Crippen LogP contribution in [-0.4, -0.2) is 34.4 Å². The lowest BCUT2D eigenvalue weighted by Gasteiger charge is -2.30. The first-order valence-electron chi connectivity index (χ1n) is 8.15. The van der Waals surface area contributed by atoms with E-state index in [0.29, 0.717) is 5.41 Å². The average Bonchev–Trinajstić information content (AvgIpc) is 2.84. The first-order valence-corrected chi connectivity index (χ1v) is 8.15. The van der Waals surface area contributed by atoms with Gasteiger partial charge in [0, 0.05) is 32.4 Å². The van der Waals surface area contributed by atoms with Crippen LogP contribution in [0.4, 0.5) is 0 Å². The molecule has 4 heteroatoms. The summed E-state index contributed by atoms with van der Waals surface area (Å²) in [6, 6.07) is 2.14. The Morgan fingerprint density at radius 3 is 3.05 bits per heavy atom. The maximum Gasteiger partial charge on any atom is 0.150 e. The van der Waals surface area contributed by atoms with Gasteiger partial charge in [-0.1, -0.05) is 26.0 Å². The van der Waals surface area contributed by atoms with E-state index >= 15 is 0 Å². The zero-order valence-corrected chi connectivity index (χ0v) is 13.3. The van der Waals surface area contributed by atoms with E-state index in [0.717, 1.165) is 39.1 Å². The summed E-state index contributed by atoms with van der Waals surface area (Å²) >= 11 is 0. The maximum absolute atomic E-state index is 5.89. The van der Waals surface area contributed by atoms with E-state index in [1.165, 1.54) is 18.5 Å². The van der Waals surface area contributed by atoms with Crippen LogP contribution in [0.2, 0.25) is 0 Å². The van der Waals surface area contributed by atoms with Gasteiger partial charge in [0.25, 0.3) is 0 Å². The molecule has 0 aromatic carbocycles. The second-order valence-corrected chi connectivity index (χ2v) is 7.10. The Hall–Kier alpha value is -1.13. The van der Waals surface area contributed by atoms with Crippen molar-refractivity contribution in [2.75, 3.05) is 19.7 Å². The Kier molecular flexibility index (Phi) is 4.45. The van der Waals surface area contributed by atoms with Crippen molar-refractivity contribution < 1.29 is 4.74 Å². The normalized spacial score (nSPS) is 26.7. The van der Waals surface area contributed by atoms with Gasteiger partial charge in [0.15, 0.2) is 6.23 Å². The molecule has 1 aromatic heterocycles. The molecule has 0 saturated carbocycles. The Morgan fingerprint density at radius 1 is 1.33 bits per heavy atom. The third-order valence-electron chi connectivity index (χ3n) is 4.42. The summed E-state index contributed by atoms with van der Waals surface area (Å²) in [5.74, 6) is 0. The van der Waals surface area contributed by atoms with Crippen molar-refractivity contribution >= 4 is 0 Å². The average molecular weight is 289 g/mol. The predicted octanol–water partition coefficient (Wildman–Crippen LogP) is 3.37. The molecule has 0 amide bonds. The van der Waals surface area contributed by atoms with E-state index in [2.05, 4.69) is 46.7 Å². The molecule has 2 aliphatic heterocycles. The summed E-state index contributed by atoms with van der Waals surface area (Å²) in [5, 5.41) is 4.51. The van der Waals surface area contributed by atoms with Crippen LogP contribution in [0.15, 0.2) is 24.4 Å². The molecular weight excluding hydrogens is 262 g/mol. The number of ether oxygens (including phenoxy) is 1. The molecule has 3 heterocycles. The monoisotopic (exact) mass is 289 g/mol. The van der Waals surface area contributed by atoms with E-state index in [1.54, 1.807) is 0 Å². The Balaban J connectivity index is 1.70. The Morgan fingerprint density at radius 2 is 2.24 bits per heavy atom. The minimum Gasteiger partial charge on any atom is -0.357 e. The fourth-order valence-corrected chi connectivity index (χ4v) is 3.35. The summed E-state index contributed by atoms with van der Waals surface area (Å²) in [6.45, 7) is 8.66. The van der Waals surface area contributed by atoms with E-state index in [4.69, 9.17) is 4.74 Å². The van der Waals surface area contributed by atoms with Crippen LogP contribution in [0.5, 0.6) is 0 Å². The fraction of sp³-hybridized carbons (Fsp3) is 0.706. The summed E-state index contributed by atoms with van der Waals surface area (Å²) in [6.07, 6.45) is 11.3. The highest BCUT2D eigenvalue weighted by Crippen LogP contribution is 2.27. The third-order valence-corrected chi connectivity index (χ3v) is 4.42. The lowest BCUT2D eigenvalue weighted by molar-refractivity contribution is -0.0421. The number of allylic oxidation sites excluding steroid dienone is 1. The van der Waals surface area contributed by atoms with Crippen LogP contribution >= 0.6 is 0 Å². The predicted molar refractivity (Wildman–Crippen MR) is 83.9 cm³/mol. The molecule has 0 bridgehead atoms. The van der Waals surface area contributed by atoms with Gasteiger partial charge in [-0.2, -0.15) is 5.10 Å². The molecule has 1 atom stereocenters. The van der Waals surface area contributed by atoms with Crippen molar-refractivity contribution in [2.24, 2.45) is 5.41 Å². The molecule has 116 valence electrons. The van der Waals surface area contributed by atoms with Gasteiger partial charge in [-0.15, -0.1) is 0 Å². The van der Waals surface area contributed by atoms with Crippen LogP contribution in [0.3, 0.4) is 0 Å². The van der Waals surface area contributed by atoms with Gasteiger partial charge in [0.05, 0.1) is 5.69 Å². The van der Waals surface area contributed by atoms with Crippen LogP contribution in [0.25, 0.3) is 0 Å². The quantitative estimate of drug-likeness (QED) is 0.799. The molecule has 1 saturated heterocycles. The zero-order valence-electron chi connectivity index (χ0n) is 13.3. The van der Waals surface area contributed by atoms with Crippen molar-refractivity contribution in [1.29, 1.82) is 0 Å². The highest BCUT2D eigenvalue weighted by Gasteiger charge is 2.24. The standard InChI is InChI=1S/C17H27N3O/c1-17(2)9-4-5-11-19(14-17)13-15-8-10-18-20(15)16-7-3-6-12-21-16/h4-5,8,10,16H,3,6-7,9,11-14H2,1-2H3/t16-/m0/s1. The first-order chi connectivity index (χ1) is 10.1. The number of hydrogen-bond acceptors (Lipinski definition) is 3. The molecule has 4 nitrogen and oxygen atoms in total. The number of hydrogen-bond donors (Lipinski definition) is 0. The van der Waals surface area contributed by atoms with Crippen LogP contribution in [-0.2, 0) is 11.3 Å². The van der Waals surface area contributed by atoms with Crippen molar-refractivity contribution in [3.63, 3.8) is 0 Å². The van der Waals surface area contributed by atoms with Gasteiger partial charge < -0.3 is 4.74 Å². The minimum atomic E-state index is 0.138. The van der Waals surface area contributed by atoms with Crippen molar-refractivity contribution in [3.8, 4) is 0 Å².